The Labute approximate surface area is 119 Å². The zero-order valence-corrected chi connectivity index (χ0v) is 12.2. The molecule has 0 bridgehead atoms. The van der Waals surface area contributed by atoms with Gasteiger partial charge in [0.15, 0.2) is 0 Å². The van der Waals surface area contributed by atoms with E-state index < -0.39 is 5.54 Å². The summed E-state index contributed by atoms with van der Waals surface area (Å²) in [6, 6.07) is 5.34. The lowest BCUT2D eigenvalue weighted by molar-refractivity contribution is -0.129. The predicted molar refractivity (Wildman–Crippen MR) is 76.9 cm³/mol. The topological polar surface area (TPSA) is 73.6 Å². The van der Waals surface area contributed by atoms with Crippen molar-refractivity contribution in [2.45, 2.75) is 37.8 Å². The summed E-state index contributed by atoms with van der Waals surface area (Å²) >= 11 is 0. The average molecular weight is 278 g/mol. The average Bonchev–Trinajstić information content (AvgIpc) is 2.43. The molecular weight excluding hydrogens is 256 g/mol. The van der Waals surface area contributed by atoms with Gasteiger partial charge in [0.1, 0.15) is 11.5 Å². The summed E-state index contributed by atoms with van der Waals surface area (Å²) in [6.45, 7) is 1.91. The molecule has 5 heteroatoms. The Morgan fingerprint density at radius 1 is 1.35 bits per heavy atom. The highest BCUT2D eigenvalue weighted by atomic mass is 16.5. The molecule has 0 aliphatic heterocycles. The molecule has 0 aromatic heterocycles. The summed E-state index contributed by atoms with van der Waals surface area (Å²) < 4.78 is 10.6. The molecule has 1 amide bonds. The van der Waals surface area contributed by atoms with E-state index in [1.807, 2.05) is 25.1 Å². The van der Waals surface area contributed by atoms with Crippen molar-refractivity contribution in [2.24, 2.45) is 5.73 Å². The number of benzene rings is 1. The Hall–Kier alpha value is -1.75. The monoisotopic (exact) mass is 278 g/mol. The van der Waals surface area contributed by atoms with Gasteiger partial charge in [0.2, 0.25) is 5.91 Å². The van der Waals surface area contributed by atoms with E-state index in [9.17, 15) is 4.79 Å². The van der Waals surface area contributed by atoms with Crippen molar-refractivity contribution in [3.63, 3.8) is 0 Å². The number of hydrogen-bond donors (Lipinski definition) is 2. The third kappa shape index (κ3) is 2.72. The second-order valence-electron chi connectivity index (χ2n) is 5.31. The number of carbonyl (C=O) groups excluding carboxylic acids is 1. The van der Waals surface area contributed by atoms with Crippen molar-refractivity contribution < 1.29 is 14.3 Å². The fourth-order valence-electron chi connectivity index (χ4n) is 2.38. The van der Waals surface area contributed by atoms with Crippen LogP contribution in [0, 0.1) is 0 Å². The standard InChI is InChI=1S/C15H22N2O3/c1-10(17-14(18)15(16)7-4-8-15)12-9-11(19-2)5-6-13(12)20-3/h5-6,9-10H,4,7-8,16H2,1-3H3,(H,17,18). The van der Waals surface area contributed by atoms with Crippen LogP contribution in [0.4, 0.5) is 0 Å². The SMILES string of the molecule is COc1ccc(OC)c(C(C)NC(=O)C2(N)CCC2)c1. The van der Waals surface area contributed by atoms with E-state index in [0.29, 0.717) is 0 Å². The minimum Gasteiger partial charge on any atom is -0.497 e. The van der Waals surface area contributed by atoms with E-state index in [-0.39, 0.29) is 11.9 Å². The van der Waals surface area contributed by atoms with Crippen LogP contribution in [-0.4, -0.2) is 25.7 Å². The van der Waals surface area contributed by atoms with Crippen LogP contribution in [0.2, 0.25) is 0 Å². The van der Waals surface area contributed by atoms with Crippen LogP contribution in [-0.2, 0) is 4.79 Å². The van der Waals surface area contributed by atoms with Gasteiger partial charge < -0.3 is 20.5 Å². The van der Waals surface area contributed by atoms with E-state index in [1.54, 1.807) is 14.2 Å². The first-order valence-electron chi connectivity index (χ1n) is 6.82. The van der Waals surface area contributed by atoms with Crippen LogP contribution >= 0.6 is 0 Å². The maximum atomic E-state index is 12.2. The molecule has 2 rings (SSSR count). The third-order valence-electron chi connectivity index (χ3n) is 3.95. The Morgan fingerprint density at radius 3 is 2.55 bits per heavy atom. The number of nitrogens with one attached hydrogen (secondary N) is 1. The van der Waals surface area contributed by atoms with Crippen molar-refractivity contribution in [3.8, 4) is 11.5 Å². The summed E-state index contributed by atoms with van der Waals surface area (Å²) in [4.78, 5) is 12.2. The van der Waals surface area contributed by atoms with Gasteiger partial charge in [-0.15, -0.1) is 0 Å². The first kappa shape index (κ1) is 14.7. The molecule has 1 aromatic rings. The van der Waals surface area contributed by atoms with Crippen molar-refractivity contribution >= 4 is 5.91 Å². The maximum Gasteiger partial charge on any atom is 0.240 e. The van der Waals surface area contributed by atoms with Crippen LogP contribution in [0.3, 0.4) is 0 Å². The molecule has 110 valence electrons. The van der Waals surface area contributed by atoms with Gasteiger partial charge in [0, 0.05) is 5.56 Å². The lowest BCUT2D eigenvalue weighted by atomic mass is 9.77. The highest BCUT2D eigenvalue weighted by Gasteiger charge is 2.40. The van der Waals surface area contributed by atoms with Crippen LogP contribution in [0.5, 0.6) is 11.5 Å². The second kappa shape index (κ2) is 5.71. The van der Waals surface area contributed by atoms with Crippen LogP contribution < -0.4 is 20.5 Å². The van der Waals surface area contributed by atoms with Gasteiger partial charge in [-0.25, -0.2) is 0 Å². The Bertz CT molecular complexity index is 498. The van der Waals surface area contributed by atoms with Gasteiger partial charge in [-0.2, -0.15) is 0 Å². The summed E-state index contributed by atoms with van der Waals surface area (Å²) in [5.41, 5.74) is 6.22. The molecule has 0 radical (unpaired) electrons. The molecule has 1 fully saturated rings. The van der Waals surface area contributed by atoms with Crippen LogP contribution in [0.1, 0.15) is 37.8 Å². The van der Waals surface area contributed by atoms with Crippen LogP contribution in [0.15, 0.2) is 18.2 Å². The smallest absolute Gasteiger partial charge is 0.240 e. The van der Waals surface area contributed by atoms with Crippen LogP contribution in [0.25, 0.3) is 0 Å². The summed E-state index contributed by atoms with van der Waals surface area (Å²) in [5.74, 6) is 1.35. The van der Waals surface area contributed by atoms with E-state index in [1.165, 1.54) is 0 Å². The largest absolute Gasteiger partial charge is 0.497 e. The lowest BCUT2D eigenvalue weighted by Crippen LogP contribution is -2.58. The number of carbonyl (C=O) groups is 1. The minimum absolute atomic E-state index is 0.0962. The van der Waals surface area contributed by atoms with E-state index in [2.05, 4.69) is 5.32 Å². The van der Waals surface area contributed by atoms with Gasteiger partial charge in [0.05, 0.1) is 25.8 Å². The highest BCUT2D eigenvalue weighted by molar-refractivity contribution is 5.87. The first-order valence-corrected chi connectivity index (χ1v) is 6.82. The van der Waals surface area contributed by atoms with Crippen molar-refractivity contribution in [1.29, 1.82) is 0 Å². The molecule has 1 aliphatic rings. The number of rotatable bonds is 5. The van der Waals surface area contributed by atoms with Gasteiger partial charge >= 0.3 is 0 Å². The number of methoxy groups -OCH3 is 2. The summed E-state index contributed by atoms with van der Waals surface area (Å²) in [7, 11) is 3.22. The van der Waals surface area contributed by atoms with Gasteiger partial charge in [-0.3, -0.25) is 4.79 Å². The molecule has 5 nitrogen and oxygen atoms in total. The first-order chi connectivity index (χ1) is 9.50. The maximum absolute atomic E-state index is 12.2. The molecule has 1 aliphatic carbocycles. The summed E-state index contributed by atoms with van der Waals surface area (Å²) in [6.07, 6.45) is 2.52. The molecule has 0 saturated heterocycles. The van der Waals surface area contributed by atoms with Gasteiger partial charge in [0.25, 0.3) is 0 Å². The second-order valence-corrected chi connectivity index (χ2v) is 5.31. The number of ether oxygens (including phenoxy) is 2. The molecule has 1 aromatic carbocycles. The molecule has 3 N–H and O–H groups in total. The Balaban J connectivity index is 2.15. The minimum atomic E-state index is -0.694. The number of nitrogens with two attached hydrogens (primary N) is 1. The van der Waals surface area contributed by atoms with Crippen molar-refractivity contribution in [3.05, 3.63) is 23.8 Å². The molecule has 1 unspecified atom stereocenters. The quantitative estimate of drug-likeness (QED) is 0.860. The predicted octanol–water partition coefficient (Wildman–Crippen LogP) is 1.76. The number of hydrogen-bond acceptors (Lipinski definition) is 4. The number of amides is 1. The van der Waals surface area contributed by atoms with Gasteiger partial charge in [-0.1, -0.05) is 0 Å². The molecule has 0 heterocycles. The summed E-state index contributed by atoms with van der Waals surface area (Å²) in [5, 5.41) is 2.97. The lowest BCUT2D eigenvalue weighted by Gasteiger charge is -2.37. The molecule has 0 spiro atoms. The highest BCUT2D eigenvalue weighted by Crippen LogP contribution is 2.32. The van der Waals surface area contributed by atoms with E-state index in [0.717, 1.165) is 36.3 Å². The normalized spacial score (nSPS) is 17.8. The molecule has 1 atom stereocenters. The van der Waals surface area contributed by atoms with Crippen molar-refractivity contribution in [1.82, 2.24) is 5.32 Å². The fraction of sp³-hybridized carbons (Fsp3) is 0.533. The Kier molecular flexibility index (Phi) is 4.18. The molecule has 1 saturated carbocycles. The zero-order valence-electron chi connectivity index (χ0n) is 12.2. The molecular formula is C15H22N2O3. The zero-order chi connectivity index (χ0) is 14.8. The molecule has 20 heavy (non-hydrogen) atoms. The van der Waals surface area contributed by atoms with E-state index >= 15 is 0 Å². The van der Waals surface area contributed by atoms with E-state index in [4.69, 9.17) is 15.2 Å². The Morgan fingerprint density at radius 2 is 2.05 bits per heavy atom. The fourth-order valence-corrected chi connectivity index (χ4v) is 2.38. The van der Waals surface area contributed by atoms with Gasteiger partial charge in [-0.05, 0) is 44.4 Å². The third-order valence-corrected chi connectivity index (χ3v) is 3.95. The van der Waals surface area contributed by atoms with Crippen molar-refractivity contribution in [2.75, 3.05) is 14.2 Å².